The molecule has 1 amide bonds. The largest absolute Gasteiger partial charge is 0.453 e. The third-order valence-electron chi connectivity index (χ3n) is 6.02. The number of benzene rings is 1. The molecule has 8 nitrogen and oxygen atoms in total. The second-order valence-corrected chi connectivity index (χ2v) is 8.53. The van der Waals surface area contributed by atoms with Gasteiger partial charge >= 0.3 is 6.09 Å². The summed E-state index contributed by atoms with van der Waals surface area (Å²) >= 11 is 0. The van der Waals surface area contributed by atoms with E-state index in [1.54, 1.807) is 0 Å². The molecular formula is C26H32N6O2. The van der Waals surface area contributed by atoms with Crippen LogP contribution in [0.15, 0.2) is 60.9 Å². The number of nitrogens with zero attached hydrogens (tertiary/aromatic N) is 2. The average Bonchev–Trinajstić information content (AvgIpc) is 2.86. The van der Waals surface area contributed by atoms with Crippen molar-refractivity contribution in [3.8, 4) is 11.1 Å². The van der Waals surface area contributed by atoms with Gasteiger partial charge < -0.3 is 21.1 Å². The van der Waals surface area contributed by atoms with Gasteiger partial charge in [0.25, 0.3) is 0 Å². The van der Waals surface area contributed by atoms with Crippen molar-refractivity contribution < 1.29 is 9.53 Å². The predicted molar refractivity (Wildman–Crippen MR) is 134 cm³/mol. The Hall–Kier alpha value is -3.49. The topological polar surface area (TPSA) is 114 Å². The Bertz CT molecular complexity index is 1090. The zero-order valence-electron chi connectivity index (χ0n) is 19.5. The molecule has 34 heavy (non-hydrogen) atoms. The summed E-state index contributed by atoms with van der Waals surface area (Å²) in [6, 6.07) is 15.9. The number of nitrogens with one attached hydrogen (secondary N) is 3. The molecule has 0 radical (unpaired) electrons. The number of pyridine rings is 2. The van der Waals surface area contributed by atoms with Gasteiger partial charge in [-0.1, -0.05) is 25.0 Å². The number of hydrogen-bond acceptors (Lipinski definition) is 7. The number of aromatic nitrogens is 2. The lowest BCUT2D eigenvalue weighted by Crippen LogP contribution is -2.33. The molecule has 4 rings (SSSR count). The average molecular weight is 461 g/mol. The second-order valence-electron chi connectivity index (χ2n) is 8.53. The van der Waals surface area contributed by atoms with Gasteiger partial charge in [-0.25, -0.2) is 4.79 Å². The van der Waals surface area contributed by atoms with Crippen LogP contribution < -0.4 is 21.7 Å². The van der Waals surface area contributed by atoms with E-state index in [1.807, 2.05) is 54.9 Å². The molecule has 0 fully saturated rings. The molecule has 0 unspecified atom stereocenters. The van der Waals surface area contributed by atoms with E-state index in [4.69, 9.17) is 10.5 Å². The van der Waals surface area contributed by atoms with Gasteiger partial charge in [0.15, 0.2) is 0 Å². The Morgan fingerprint density at radius 3 is 2.82 bits per heavy atom. The van der Waals surface area contributed by atoms with Gasteiger partial charge in [-0.3, -0.25) is 15.3 Å². The first-order valence-electron chi connectivity index (χ1n) is 11.7. The van der Waals surface area contributed by atoms with Crippen molar-refractivity contribution in [1.29, 1.82) is 0 Å². The van der Waals surface area contributed by atoms with Crippen LogP contribution in [0.5, 0.6) is 0 Å². The fourth-order valence-electron chi connectivity index (χ4n) is 4.21. The summed E-state index contributed by atoms with van der Waals surface area (Å²) in [5.74, 6) is 0. The van der Waals surface area contributed by atoms with Gasteiger partial charge in [-0.05, 0) is 54.8 Å². The molecule has 0 saturated heterocycles. The monoisotopic (exact) mass is 460 g/mol. The maximum atomic E-state index is 11.8. The maximum absolute atomic E-state index is 11.8. The van der Waals surface area contributed by atoms with E-state index in [9.17, 15) is 4.79 Å². The molecule has 2 aromatic heterocycles. The van der Waals surface area contributed by atoms with Crippen molar-refractivity contribution in [3.63, 3.8) is 0 Å². The molecule has 8 heteroatoms. The summed E-state index contributed by atoms with van der Waals surface area (Å²) in [6.07, 6.45) is 7.08. The van der Waals surface area contributed by atoms with Crippen LogP contribution >= 0.6 is 0 Å². The Morgan fingerprint density at radius 1 is 1.12 bits per heavy atom. The summed E-state index contributed by atoms with van der Waals surface area (Å²) in [4.78, 5) is 20.7. The van der Waals surface area contributed by atoms with Gasteiger partial charge in [0.2, 0.25) is 0 Å². The van der Waals surface area contributed by atoms with Gasteiger partial charge in [0.1, 0.15) is 0 Å². The first-order chi connectivity index (χ1) is 16.6. The molecule has 5 N–H and O–H groups in total. The third-order valence-corrected chi connectivity index (χ3v) is 6.02. The van der Waals surface area contributed by atoms with E-state index in [2.05, 4.69) is 32.0 Å². The number of hydrogen-bond donors (Lipinski definition) is 4. The fourth-order valence-corrected chi connectivity index (χ4v) is 4.21. The van der Waals surface area contributed by atoms with E-state index in [0.29, 0.717) is 12.2 Å². The molecule has 2 bridgehead atoms. The Balaban J connectivity index is 1.62. The van der Waals surface area contributed by atoms with E-state index >= 15 is 0 Å². The summed E-state index contributed by atoms with van der Waals surface area (Å²) in [5.41, 5.74) is 12.0. The molecule has 3 aromatic rings. The van der Waals surface area contributed by atoms with E-state index < -0.39 is 6.09 Å². The van der Waals surface area contributed by atoms with Gasteiger partial charge in [0, 0.05) is 54.5 Å². The molecule has 0 spiro atoms. The minimum atomic E-state index is -0.501. The molecule has 3 heterocycles. The number of rotatable bonds is 5. The standard InChI is InChI=1S/C26H32N6O2/c1-34-26(33)32-19-9-10-22-18-11-13-30-25(14-18)23(27)8-3-2-7-21(31-24(22)15-19)17-28-16-20-6-4-5-12-29-20/h4-6,9-15,21,23,28,31H,2-3,7-8,16-17,27H2,1H3,(H,32,33)/t21-,23+/m1/s1. The third kappa shape index (κ3) is 6.30. The van der Waals surface area contributed by atoms with Crippen LogP contribution in [0.25, 0.3) is 11.1 Å². The Labute approximate surface area is 200 Å². The van der Waals surface area contributed by atoms with Crippen LogP contribution in [0.4, 0.5) is 16.2 Å². The van der Waals surface area contributed by atoms with Crippen molar-refractivity contribution in [2.75, 3.05) is 24.3 Å². The maximum Gasteiger partial charge on any atom is 0.411 e. The van der Waals surface area contributed by atoms with Crippen LogP contribution in [0.1, 0.15) is 43.1 Å². The number of carbonyl (C=O) groups is 1. The molecule has 0 saturated carbocycles. The van der Waals surface area contributed by atoms with Gasteiger partial charge in [-0.15, -0.1) is 0 Å². The van der Waals surface area contributed by atoms with Crippen molar-refractivity contribution >= 4 is 17.5 Å². The van der Waals surface area contributed by atoms with Gasteiger partial charge in [0.05, 0.1) is 18.5 Å². The van der Waals surface area contributed by atoms with E-state index in [1.165, 1.54) is 7.11 Å². The highest BCUT2D eigenvalue weighted by Crippen LogP contribution is 2.33. The molecule has 1 aliphatic rings. The number of nitrogens with two attached hydrogens (primary N) is 1. The molecule has 1 aliphatic heterocycles. The summed E-state index contributed by atoms with van der Waals surface area (Å²) in [6.45, 7) is 1.48. The van der Waals surface area contributed by atoms with Crippen LogP contribution in [-0.4, -0.2) is 35.8 Å². The first kappa shape index (κ1) is 23.7. The molecular weight excluding hydrogens is 428 g/mol. The van der Waals surface area contributed by atoms with Crippen LogP contribution in [0.3, 0.4) is 0 Å². The summed E-state index contributed by atoms with van der Waals surface area (Å²) < 4.78 is 4.76. The molecule has 178 valence electrons. The van der Waals surface area contributed by atoms with Crippen LogP contribution in [0, 0.1) is 0 Å². The van der Waals surface area contributed by atoms with Crippen molar-refractivity contribution in [2.24, 2.45) is 5.73 Å². The van der Waals surface area contributed by atoms with Crippen molar-refractivity contribution in [3.05, 3.63) is 72.3 Å². The highest BCUT2D eigenvalue weighted by Gasteiger charge is 2.17. The quantitative estimate of drug-likeness (QED) is 0.444. The molecule has 2 atom stereocenters. The predicted octanol–water partition coefficient (Wildman–Crippen LogP) is 4.47. The zero-order chi connectivity index (χ0) is 23.8. The normalized spacial score (nSPS) is 17.9. The van der Waals surface area contributed by atoms with Crippen LogP contribution in [-0.2, 0) is 11.3 Å². The number of carbonyl (C=O) groups excluding carboxylic acids is 1. The van der Waals surface area contributed by atoms with E-state index in [0.717, 1.165) is 60.4 Å². The lowest BCUT2D eigenvalue weighted by molar-refractivity contribution is 0.187. The van der Waals surface area contributed by atoms with Gasteiger partial charge in [-0.2, -0.15) is 0 Å². The minimum absolute atomic E-state index is 0.0863. The smallest absolute Gasteiger partial charge is 0.411 e. The molecule has 0 aliphatic carbocycles. The van der Waals surface area contributed by atoms with Crippen LogP contribution in [0.2, 0.25) is 0 Å². The number of methoxy groups -OCH3 is 1. The summed E-state index contributed by atoms with van der Waals surface area (Å²) in [7, 11) is 1.35. The van der Waals surface area contributed by atoms with E-state index in [-0.39, 0.29) is 12.1 Å². The second kappa shape index (κ2) is 11.6. The SMILES string of the molecule is COC(=O)Nc1ccc2c(c1)N[C@@H](CNCc1ccccn1)CCCC[C@H](N)c1cc-2ccn1. The highest BCUT2D eigenvalue weighted by atomic mass is 16.5. The number of fused-ring (bicyclic) bond motifs is 4. The Morgan fingerprint density at radius 2 is 2.00 bits per heavy atom. The lowest BCUT2D eigenvalue weighted by atomic mass is 9.97. The summed E-state index contributed by atoms with van der Waals surface area (Å²) in [5, 5.41) is 10.0. The van der Waals surface area contributed by atoms with Crippen molar-refractivity contribution in [2.45, 2.75) is 44.3 Å². The lowest BCUT2D eigenvalue weighted by Gasteiger charge is -2.24. The number of ether oxygens (including phenoxy) is 1. The number of anilines is 2. The van der Waals surface area contributed by atoms with Crippen molar-refractivity contribution in [1.82, 2.24) is 15.3 Å². The minimum Gasteiger partial charge on any atom is -0.453 e. The Kier molecular flexibility index (Phi) is 8.06. The fraction of sp³-hybridized carbons (Fsp3) is 0.346. The molecule has 1 aromatic carbocycles. The first-order valence-corrected chi connectivity index (χ1v) is 11.7. The number of amides is 1. The highest BCUT2D eigenvalue weighted by molar-refractivity contribution is 5.88. The zero-order valence-corrected chi connectivity index (χ0v) is 19.5.